The fraction of sp³-hybridized carbons (Fsp3) is 0.471. The summed E-state index contributed by atoms with van der Waals surface area (Å²) in [7, 11) is 0. The number of hydrogen-bond donors (Lipinski definition) is 1. The van der Waals surface area contributed by atoms with Crippen molar-refractivity contribution in [3.05, 3.63) is 40.2 Å². The highest BCUT2D eigenvalue weighted by atomic mass is 35.5. The van der Waals surface area contributed by atoms with Gasteiger partial charge in [-0.3, -0.25) is 4.68 Å². The molecule has 0 atom stereocenters. The van der Waals surface area contributed by atoms with Crippen LogP contribution in [0.5, 0.6) is 0 Å². The second-order valence-electron chi connectivity index (χ2n) is 5.34. The van der Waals surface area contributed by atoms with E-state index >= 15 is 0 Å². The third kappa shape index (κ3) is 3.47. The van der Waals surface area contributed by atoms with Gasteiger partial charge in [-0.1, -0.05) is 30.7 Å². The van der Waals surface area contributed by atoms with E-state index in [1.807, 2.05) is 4.68 Å². The molecule has 0 amide bonds. The minimum atomic E-state index is 0.819. The third-order valence-corrected chi connectivity index (χ3v) is 4.12. The molecule has 0 bridgehead atoms. The molecule has 1 aromatic carbocycles. The fourth-order valence-corrected chi connectivity index (χ4v) is 2.92. The summed E-state index contributed by atoms with van der Waals surface area (Å²) in [5.41, 5.74) is 5.75. The molecule has 2 aromatic rings. The zero-order valence-electron chi connectivity index (χ0n) is 13.3. The number of rotatable bonds is 6. The van der Waals surface area contributed by atoms with Gasteiger partial charge in [0, 0.05) is 29.4 Å². The van der Waals surface area contributed by atoms with Crippen LogP contribution in [0.15, 0.2) is 18.2 Å². The van der Waals surface area contributed by atoms with Gasteiger partial charge in [-0.05, 0) is 50.9 Å². The maximum absolute atomic E-state index is 6.44. The van der Waals surface area contributed by atoms with Gasteiger partial charge < -0.3 is 5.32 Å². The van der Waals surface area contributed by atoms with Crippen LogP contribution in [-0.2, 0) is 13.1 Å². The summed E-state index contributed by atoms with van der Waals surface area (Å²) in [5, 5.41) is 8.78. The summed E-state index contributed by atoms with van der Waals surface area (Å²) in [6.07, 6.45) is 1.13. The van der Waals surface area contributed by atoms with Crippen LogP contribution in [0, 0.1) is 13.8 Å². The Morgan fingerprint density at radius 3 is 2.57 bits per heavy atom. The van der Waals surface area contributed by atoms with Crippen molar-refractivity contribution in [1.29, 1.82) is 0 Å². The molecular weight excluding hydrogens is 282 g/mol. The van der Waals surface area contributed by atoms with Gasteiger partial charge in [-0.2, -0.15) is 5.10 Å². The summed E-state index contributed by atoms with van der Waals surface area (Å²) >= 11 is 6.44. The summed E-state index contributed by atoms with van der Waals surface area (Å²) in [6, 6.07) is 6.32. The summed E-state index contributed by atoms with van der Waals surface area (Å²) in [4.78, 5) is 0. The lowest BCUT2D eigenvalue weighted by Crippen LogP contribution is -2.14. The van der Waals surface area contributed by atoms with E-state index in [1.54, 1.807) is 0 Å². The Morgan fingerprint density at radius 2 is 2.00 bits per heavy atom. The number of halogens is 1. The molecule has 1 heterocycles. The molecule has 0 aliphatic rings. The highest BCUT2D eigenvalue weighted by Crippen LogP contribution is 2.30. The molecule has 4 heteroatoms. The van der Waals surface area contributed by atoms with E-state index in [-0.39, 0.29) is 0 Å². The van der Waals surface area contributed by atoms with Gasteiger partial charge in [0.05, 0.1) is 5.69 Å². The van der Waals surface area contributed by atoms with E-state index < -0.39 is 0 Å². The molecule has 0 aliphatic carbocycles. The molecular formula is C17H24ClN3. The van der Waals surface area contributed by atoms with Crippen LogP contribution in [0.2, 0.25) is 5.02 Å². The highest BCUT2D eigenvalue weighted by Gasteiger charge is 2.13. The SMILES string of the molecule is CCCNCc1ccc(-c2c(C)nn(CC)c2C)cc1Cl. The van der Waals surface area contributed by atoms with Gasteiger partial charge in [-0.25, -0.2) is 0 Å². The molecule has 1 aromatic heterocycles. The summed E-state index contributed by atoms with van der Waals surface area (Å²) in [6.45, 7) is 11.2. The molecule has 1 N–H and O–H groups in total. The third-order valence-electron chi connectivity index (χ3n) is 3.76. The number of aromatic nitrogens is 2. The summed E-state index contributed by atoms with van der Waals surface area (Å²) < 4.78 is 2.04. The van der Waals surface area contributed by atoms with Gasteiger partial charge in [0.1, 0.15) is 0 Å². The Labute approximate surface area is 132 Å². The lowest BCUT2D eigenvalue weighted by atomic mass is 10.0. The molecule has 0 fully saturated rings. The van der Waals surface area contributed by atoms with Crippen LogP contribution in [0.3, 0.4) is 0 Å². The fourth-order valence-electron chi connectivity index (χ4n) is 2.67. The van der Waals surface area contributed by atoms with E-state index in [0.29, 0.717) is 0 Å². The van der Waals surface area contributed by atoms with Gasteiger partial charge in [-0.15, -0.1) is 0 Å². The van der Waals surface area contributed by atoms with Crippen molar-refractivity contribution in [3.63, 3.8) is 0 Å². The van der Waals surface area contributed by atoms with Crippen LogP contribution < -0.4 is 5.32 Å². The van der Waals surface area contributed by atoms with E-state index in [1.165, 1.54) is 11.3 Å². The number of nitrogens with zero attached hydrogens (tertiary/aromatic N) is 2. The van der Waals surface area contributed by atoms with Gasteiger partial charge in [0.2, 0.25) is 0 Å². The average molecular weight is 306 g/mol. The smallest absolute Gasteiger partial charge is 0.0674 e. The minimum absolute atomic E-state index is 0.819. The largest absolute Gasteiger partial charge is 0.313 e. The van der Waals surface area contributed by atoms with Crippen molar-refractivity contribution in [2.75, 3.05) is 6.54 Å². The van der Waals surface area contributed by atoms with Crippen molar-refractivity contribution in [2.24, 2.45) is 0 Å². The molecule has 0 aliphatic heterocycles. The number of aryl methyl sites for hydroxylation is 2. The van der Waals surface area contributed by atoms with Crippen LogP contribution in [0.4, 0.5) is 0 Å². The molecule has 114 valence electrons. The number of nitrogens with one attached hydrogen (secondary N) is 1. The first-order chi connectivity index (χ1) is 10.1. The van der Waals surface area contributed by atoms with Crippen molar-refractivity contribution < 1.29 is 0 Å². The molecule has 3 nitrogen and oxygen atoms in total. The molecule has 0 unspecified atom stereocenters. The first kappa shape index (κ1) is 16.1. The van der Waals surface area contributed by atoms with Crippen LogP contribution in [0.1, 0.15) is 37.2 Å². The summed E-state index contributed by atoms with van der Waals surface area (Å²) in [5.74, 6) is 0. The number of hydrogen-bond acceptors (Lipinski definition) is 2. The van der Waals surface area contributed by atoms with E-state index in [4.69, 9.17) is 11.6 Å². The molecule has 0 saturated heterocycles. The van der Waals surface area contributed by atoms with E-state index in [0.717, 1.165) is 47.9 Å². The quantitative estimate of drug-likeness (QED) is 0.805. The van der Waals surface area contributed by atoms with Gasteiger partial charge in [0.15, 0.2) is 0 Å². The Hall–Kier alpha value is -1.32. The van der Waals surface area contributed by atoms with Crippen LogP contribution in [-0.4, -0.2) is 16.3 Å². The van der Waals surface area contributed by atoms with Crippen molar-refractivity contribution in [2.45, 2.75) is 47.2 Å². The Kier molecular flexibility index (Phi) is 5.43. The maximum atomic E-state index is 6.44. The predicted octanol–water partition coefficient (Wildman–Crippen LogP) is 4.34. The van der Waals surface area contributed by atoms with Crippen molar-refractivity contribution in [1.82, 2.24) is 15.1 Å². The first-order valence-electron chi connectivity index (χ1n) is 7.62. The number of benzene rings is 1. The van der Waals surface area contributed by atoms with Crippen molar-refractivity contribution in [3.8, 4) is 11.1 Å². The topological polar surface area (TPSA) is 29.9 Å². The van der Waals surface area contributed by atoms with E-state index in [2.05, 4.69) is 56.3 Å². The van der Waals surface area contributed by atoms with Gasteiger partial charge in [0.25, 0.3) is 0 Å². The lowest BCUT2D eigenvalue weighted by molar-refractivity contribution is 0.634. The molecule has 0 saturated carbocycles. The van der Waals surface area contributed by atoms with Crippen molar-refractivity contribution >= 4 is 11.6 Å². The maximum Gasteiger partial charge on any atom is 0.0674 e. The molecule has 0 spiro atoms. The average Bonchev–Trinajstić information content (AvgIpc) is 2.75. The Morgan fingerprint density at radius 1 is 1.24 bits per heavy atom. The highest BCUT2D eigenvalue weighted by molar-refractivity contribution is 6.31. The van der Waals surface area contributed by atoms with E-state index in [9.17, 15) is 0 Å². The van der Waals surface area contributed by atoms with Crippen LogP contribution >= 0.6 is 11.6 Å². The molecule has 2 rings (SSSR count). The molecule has 21 heavy (non-hydrogen) atoms. The second-order valence-corrected chi connectivity index (χ2v) is 5.75. The standard InChI is InChI=1S/C17H24ClN3/c1-5-9-19-11-15-8-7-14(10-16(15)18)17-12(3)20-21(6-2)13(17)4/h7-8,10,19H,5-6,9,11H2,1-4H3. The first-order valence-corrected chi connectivity index (χ1v) is 7.99. The monoisotopic (exact) mass is 305 g/mol. The minimum Gasteiger partial charge on any atom is -0.313 e. The second kappa shape index (κ2) is 7.10. The zero-order valence-corrected chi connectivity index (χ0v) is 14.1. The Bertz CT molecular complexity index is 617. The predicted molar refractivity (Wildman–Crippen MR) is 89.8 cm³/mol. The Balaban J connectivity index is 2.30. The lowest BCUT2D eigenvalue weighted by Gasteiger charge is -2.09. The van der Waals surface area contributed by atoms with Crippen LogP contribution in [0.25, 0.3) is 11.1 Å². The normalized spacial score (nSPS) is 11.1. The van der Waals surface area contributed by atoms with Gasteiger partial charge >= 0.3 is 0 Å². The zero-order chi connectivity index (χ0) is 15.4. The molecule has 0 radical (unpaired) electrons.